The van der Waals surface area contributed by atoms with Crippen molar-refractivity contribution in [2.45, 2.75) is 13.1 Å². The number of aryl methyl sites for hydroxylation is 1. The van der Waals surface area contributed by atoms with E-state index >= 15 is 0 Å². The molecule has 0 aliphatic heterocycles. The quantitative estimate of drug-likeness (QED) is 0.584. The van der Waals surface area contributed by atoms with Crippen LogP contribution in [-0.2, 0) is 6.18 Å². The van der Waals surface area contributed by atoms with E-state index < -0.39 is 11.7 Å². The number of rotatable bonds is 1. The Balaban J connectivity index is 2.65. The number of benzene rings is 2. The first-order chi connectivity index (χ1) is 8.80. The van der Waals surface area contributed by atoms with Gasteiger partial charge < -0.3 is 0 Å². The second-order valence-corrected chi connectivity index (χ2v) is 5.39. The summed E-state index contributed by atoms with van der Waals surface area (Å²) in [7, 11) is 0. The molecule has 19 heavy (non-hydrogen) atoms. The lowest BCUT2D eigenvalue weighted by Gasteiger charge is -2.13. The van der Waals surface area contributed by atoms with Crippen molar-refractivity contribution in [2.24, 2.45) is 0 Å². The number of alkyl halides is 3. The van der Waals surface area contributed by atoms with E-state index in [4.69, 9.17) is 11.6 Å². The topological polar surface area (TPSA) is 0 Å². The Labute approximate surface area is 122 Å². The molecule has 0 bridgehead atoms. The summed E-state index contributed by atoms with van der Waals surface area (Å²) in [5.41, 5.74) is 1.22. The first-order valence-electron chi connectivity index (χ1n) is 5.43. The number of hydrogen-bond acceptors (Lipinski definition) is 0. The average molecular weight is 350 g/mol. The van der Waals surface area contributed by atoms with Gasteiger partial charge in [0.1, 0.15) is 0 Å². The van der Waals surface area contributed by atoms with Crippen molar-refractivity contribution in [1.82, 2.24) is 0 Å². The van der Waals surface area contributed by atoms with Gasteiger partial charge in [-0.1, -0.05) is 45.7 Å². The molecule has 2 rings (SSSR count). The van der Waals surface area contributed by atoms with E-state index in [1.54, 1.807) is 18.2 Å². The molecule has 0 saturated carbocycles. The Kier molecular flexibility index (Phi) is 3.92. The highest BCUT2D eigenvalue weighted by atomic mass is 79.9. The van der Waals surface area contributed by atoms with E-state index in [-0.39, 0.29) is 4.47 Å². The molecular weight excluding hydrogens is 341 g/mol. The van der Waals surface area contributed by atoms with E-state index in [0.717, 1.165) is 11.6 Å². The van der Waals surface area contributed by atoms with Gasteiger partial charge in [-0.2, -0.15) is 13.2 Å². The third kappa shape index (κ3) is 2.95. The highest BCUT2D eigenvalue weighted by Gasteiger charge is 2.33. The Hall–Kier alpha value is -1.00. The van der Waals surface area contributed by atoms with Crippen molar-refractivity contribution in [2.75, 3.05) is 0 Å². The van der Waals surface area contributed by atoms with Crippen LogP contribution in [0, 0.1) is 6.92 Å². The lowest BCUT2D eigenvalue weighted by molar-refractivity contribution is -0.138. The van der Waals surface area contributed by atoms with Crippen LogP contribution in [0.5, 0.6) is 0 Å². The van der Waals surface area contributed by atoms with Gasteiger partial charge in [0.05, 0.1) is 5.56 Å². The first kappa shape index (κ1) is 14.4. The molecule has 0 unspecified atom stereocenters. The van der Waals surface area contributed by atoms with Gasteiger partial charge in [-0.3, -0.25) is 0 Å². The van der Waals surface area contributed by atoms with Gasteiger partial charge in [0.2, 0.25) is 0 Å². The smallest absolute Gasteiger partial charge is 0.166 e. The monoisotopic (exact) mass is 348 g/mol. The predicted octanol–water partition coefficient (Wildman–Crippen LogP) is 6.10. The molecule has 2 aromatic rings. The SMILES string of the molecule is Cc1cccc(Cl)c1-c1ccc(Br)c(C(F)(F)F)c1. The maximum atomic E-state index is 12.9. The highest BCUT2D eigenvalue weighted by Crippen LogP contribution is 2.39. The fraction of sp³-hybridized carbons (Fsp3) is 0.143. The van der Waals surface area contributed by atoms with Gasteiger partial charge in [-0.15, -0.1) is 0 Å². The third-order valence-electron chi connectivity index (χ3n) is 2.78. The van der Waals surface area contributed by atoms with E-state index in [0.29, 0.717) is 16.1 Å². The summed E-state index contributed by atoms with van der Waals surface area (Å²) in [6.45, 7) is 1.82. The molecule has 0 aromatic heterocycles. The van der Waals surface area contributed by atoms with E-state index in [1.165, 1.54) is 6.07 Å². The summed E-state index contributed by atoms with van der Waals surface area (Å²) < 4.78 is 38.7. The molecule has 100 valence electrons. The fourth-order valence-corrected chi connectivity index (χ4v) is 2.70. The minimum Gasteiger partial charge on any atom is -0.166 e. The minimum absolute atomic E-state index is 0.0217. The molecule has 0 aliphatic rings. The zero-order valence-electron chi connectivity index (χ0n) is 9.85. The van der Waals surface area contributed by atoms with Crippen LogP contribution in [0.4, 0.5) is 13.2 Å². The van der Waals surface area contributed by atoms with Crippen molar-refractivity contribution >= 4 is 27.5 Å². The molecule has 0 atom stereocenters. The Morgan fingerprint density at radius 1 is 1.11 bits per heavy atom. The van der Waals surface area contributed by atoms with Crippen LogP contribution >= 0.6 is 27.5 Å². The molecule has 0 N–H and O–H groups in total. The standard InChI is InChI=1S/C14H9BrClF3/c1-8-3-2-4-12(16)13(8)9-5-6-11(15)10(7-9)14(17,18)19/h2-7H,1H3. The van der Waals surface area contributed by atoms with Gasteiger partial charge in [-0.05, 0) is 36.2 Å². The van der Waals surface area contributed by atoms with E-state index in [1.807, 2.05) is 13.0 Å². The van der Waals surface area contributed by atoms with Crippen LogP contribution in [0.2, 0.25) is 5.02 Å². The fourth-order valence-electron chi connectivity index (χ4n) is 1.90. The molecule has 0 fully saturated rings. The van der Waals surface area contributed by atoms with Crippen LogP contribution in [0.15, 0.2) is 40.9 Å². The van der Waals surface area contributed by atoms with Gasteiger partial charge in [0.15, 0.2) is 0 Å². The van der Waals surface area contributed by atoms with Crippen LogP contribution in [0.1, 0.15) is 11.1 Å². The molecule has 0 amide bonds. The largest absolute Gasteiger partial charge is 0.417 e. The number of halogens is 5. The predicted molar refractivity (Wildman–Crippen MR) is 74.3 cm³/mol. The maximum Gasteiger partial charge on any atom is 0.417 e. The molecule has 0 spiro atoms. The lowest BCUT2D eigenvalue weighted by Crippen LogP contribution is -2.06. The molecule has 5 heteroatoms. The van der Waals surface area contributed by atoms with Crippen LogP contribution < -0.4 is 0 Å². The number of hydrogen-bond donors (Lipinski definition) is 0. The zero-order valence-corrected chi connectivity index (χ0v) is 12.2. The Bertz CT molecular complexity index is 600. The summed E-state index contributed by atoms with van der Waals surface area (Å²) >= 11 is 9.00. The van der Waals surface area contributed by atoms with Crippen molar-refractivity contribution in [3.63, 3.8) is 0 Å². The van der Waals surface area contributed by atoms with Crippen LogP contribution in [-0.4, -0.2) is 0 Å². The third-order valence-corrected chi connectivity index (χ3v) is 3.79. The van der Waals surface area contributed by atoms with Gasteiger partial charge in [-0.25, -0.2) is 0 Å². The Morgan fingerprint density at radius 3 is 2.37 bits per heavy atom. The van der Waals surface area contributed by atoms with Crippen LogP contribution in [0.25, 0.3) is 11.1 Å². The Morgan fingerprint density at radius 2 is 1.79 bits per heavy atom. The van der Waals surface area contributed by atoms with Gasteiger partial charge in [0.25, 0.3) is 0 Å². The summed E-state index contributed by atoms with van der Waals surface area (Å²) in [5, 5.41) is 0.440. The highest BCUT2D eigenvalue weighted by molar-refractivity contribution is 9.10. The summed E-state index contributed by atoms with van der Waals surface area (Å²) in [5.74, 6) is 0. The lowest BCUT2D eigenvalue weighted by atomic mass is 9.98. The van der Waals surface area contributed by atoms with Gasteiger partial charge >= 0.3 is 6.18 Å². The van der Waals surface area contributed by atoms with E-state index in [2.05, 4.69) is 15.9 Å². The van der Waals surface area contributed by atoms with Crippen molar-refractivity contribution in [3.8, 4) is 11.1 Å². The second-order valence-electron chi connectivity index (χ2n) is 4.12. The normalized spacial score (nSPS) is 11.7. The molecule has 2 aromatic carbocycles. The minimum atomic E-state index is -4.40. The van der Waals surface area contributed by atoms with Crippen LogP contribution in [0.3, 0.4) is 0 Å². The summed E-state index contributed by atoms with van der Waals surface area (Å²) in [6, 6.07) is 9.37. The summed E-state index contributed by atoms with van der Waals surface area (Å²) in [4.78, 5) is 0. The first-order valence-corrected chi connectivity index (χ1v) is 6.60. The van der Waals surface area contributed by atoms with Crippen molar-refractivity contribution in [1.29, 1.82) is 0 Å². The molecule has 0 heterocycles. The van der Waals surface area contributed by atoms with Gasteiger partial charge in [0, 0.05) is 15.1 Å². The molecule has 0 aliphatic carbocycles. The van der Waals surface area contributed by atoms with Crippen molar-refractivity contribution < 1.29 is 13.2 Å². The maximum absolute atomic E-state index is 12.9. The average Bonchev–Trinajstić information content (AvgIpc) is 2.29. The second kappa shape index (κ2) is 5.17. The molecule has 0 nitrogen and oxygen atoms in total. The van der Waals surface area contributed by atoms with Crippen molar-refractivity contribution in [3.05, 3.63) is 57.0 Å². The zero-order chi connectivity index (χ0) is 14.2. The summed E-state index contributed by atoms with van der Waals surface area (Å²) in [6.07, 6.45) is -4.40. The van der Waals surface area contributed by atoms with E-state index in [9.17, 15) is 13.2 Å². The molecule has 0 saturated heterocycles. The molecule has 0 radical (unpaired) electrons. The molecular formula is C14H9BrClF3.